The topological polar surface area (TPSA) is 0 Å². The Morgan fingerprint density at radius 3 is 3.00 bits per heavy atom. The Morgan fingerprint density at radius 2 is 2.35 bits per heavy atom. The minimum Gasteiger partial charge on any atom is -0.246 e. The number of alkyl halides is 1. The number of halogens is 1. The molecule has 0 aromatic heterocycles. The third kappa shape index (κ3) is 5.08. The first-order valence-corrected chi connectivity index (χ1v) is 7.09. The smallest absolute Gasteiger partial charge is 0.110 e. The van der Waals surface area contributed by atoms with Crippen molar-refractivity contribution in [3.05, 3.63) is 54.3 Å². The van der Waals surface area contributed by atoms with Gasteiger partial charge in [0.25, 0.3) is 0 Å². The van der Waals surface area contributed by atoms with Gasteiger partial charge in [0.05, 0.1) is 0 Å². The van der Waals surface area contributed by atoms with Crippen molar-refractivity contribution in [1.82, 2.24) is 0 Å². The van der Waals surface area contributed by atoms with Crippen LogP contribution in [0.25, 0.3) is 0 Å². The van der Waals surface area contributed by atoms with Crippen LogP contribution < -0.4 is 0 Å². The van der Waals surface area contributed by atoms with E-state index in [0.29, 0.717) is 6.42 Å². The van der Waals surface area contributed by atoms with Gasteiger partial charge in [-0.1, -0.05) is 43.9 Å². The summed E-state index contributed by atoms with van der Waals surface area (Å²) in [5.41, 5.74) is 4.83. The van der Waals surface area contributed by atoms with Crippen molar-refractivity contribution in [1.29, 1.82) is 0 Å². The van der Waals surface area contributed by atoms with Crippen molar-refractivity contribution >= 4 is 0 Å². The zero-order chi connectivity index (χ0) is 15.0. The van der Waals surface area contributed by atoms with Crippen LogP contribution in [0.4, 0.5) is 4.39 Å². The zero-order valence-electron chi connectivity index (χ0n) is 12.2. The van der Waals surface area contributed by atoms with E-state index in [2.05, 4.69) is 24.8 Å². The lowest BCUT2D eigenvalue weighted by Crippen LogP contribution is -2.13. The molecule has 0 N–H and O–H groups in total. The van der Waals surface area contributed by atoms with Crippen molar-refractivity contribution in [3.63, 3.8) is 0 Å². The third-order valence-electron chi connectivity index (χ3n) is 3.57. The van der Waals surface area contributed by atoms with E-state index >= 15 is 0 Å². The molecule has 0 nitrogen and oxygen atoms in total. The quantitative estimate of drug-likeness (QED) is 0.367. The minimum absolute atomic E-state index is 0.0884. The van der Waals surface area contributed by atoms with Gasteiger partial charge >= 0.3 is 0 Å². The van der Waals surface area contributed by atoms with Crippen LogP contribution in [0.2, 0.25) is 0 Å². The van der Waals surface area contributed by atoms with Gasteiger partial charge in [0.2, 0.25) is 0 Å². The molecular formula is C19H23F. The molecule has 0 bridgehead atoms. The highest BCUT2D eigenvalue weighted by Gasteiger charge is 2.18. The number of unbranched alkanes of at least 4 members (excludes halogenated alkanes) is 1. The van der Waals surface area contributed by atoms with Crippen LogP contribution in [-0.4, -0.2) is 6.17 Å². The molecule has 0 aliphatic heterocycles. The number of hydrogen-bond acceptors (Lipinski definition) is 0. The van der Waals surface area contributed by atoms with Gasteiger partial charge in [-0.05, 0) is 24.5 Å². The van der Waals surface area contributed by atoms with E-state index in [1.54, 1.807) is 0 Å². The molecule has 1 rings (SSSR count). The summed E-state index contributed by atoms with van der Waals surface area (Å²) in [4.78, 5) is 0. The lowest BCUT2D eigenvalue weighted by Gasteiger charge is -2.20. The molecule has 20 heavy (non-hydrogen) atoms. The Labute approximate surface area is 122 Å². The normalized spacial score (nSPS) is 23.9. The van der Waals surface area contributed by atoms with Crippen LogP contribution in [0.3, 0.4) is 0 Å². The fourth-order valence-corrected chi connectivity index (χ4v) is 2.31. The molecule has 0 heterocycles. The molecule has 3 atom stereocenters. The molecule has 1 heteroatoms. The Kier molecular flexibility index (Phi) is 6.85. The van der Waals surface area contributed by atoms with E-state index in [4.69, 9.17) is 6.42 Å². The first-order valence-electron chi connectivity index (χ1n) is 7.09. The second-order valence-corrected chi connectivity index (χ2v) is 5.31. The van der Waals surface area contributed by atoms with E-state index in [-0.39, 0.29) is 11.8 Å². The number of terminal acetylenes is 1. The summed E-state index contributed by atoms with van der Waals surface area (Å²) < 4.78 is 13.8. The molecule has 0 spiro atoms. The Morgan fingerprint density at radius 1 is 1.60 bits per heavy atom. The molecule has 0 radical (unpaired) electrons. The van der Waals surface area contributed by atoms with E-state index in [9.17, 15) is 4.39 Å². The fourth-order valence-electron chi connectivity index (χ4n) is 2.31. The molecule has 0 amide bonds. The zero-order valence-corrected chi connectivity index (χ0v) is 12.2. The average Bonchev–Trinajstić information content (AvgIpc) is 2.41. The molecule has 1 aliphatic rings. The highest BCUT2D eigenvalue weighted by molar-refractivity contribution is 5.35. The number of rotatable bonds is 5. The van der Waals surface area contributed by atoms with Gasteiger partial charge in [-0.15, -0.1) is 18.1 Å². The molecule has 0 saturated carbocycles. The molecule has 0 saturated heterocycles. The summed E-state index contributed by atoms with van der Waals surface area (Å²) in [5, 5.41) is 0. The molecular weight excluding hydrogens is 247 g/mol. The average molecular weight is 270 g/mol. The Bertz CT molecular complexity index is 480. The van der Waals surface area contributed by atoms with E-state index < -0.39 is 6.17 Å². The monoisotopic (exact) mass is 270 g/mol. The Hall–Kier alpha value is -1.77. The highest BCUT2D eigenvalue weighted by atomic mass is 19.1. The van der Waals surface area contributed by atoms with Crippen LogP contribution in [-0.2, 0) is 0 Å². The second kappa shape index (κ2) is 8.41. The van der Waals surface area contributed by atoms with Crippen molar-refractivity contribution < 1.29 is 4.39 Å². The molecule has 0 aromatic rings. The predicted molar refractivity (Wildman–Crippen MR) is 84.9 cm³/mol. The number of allylic oxidation sites excluding steroid dienone is 6. The van der Waals surface area contributed by atoms with Crippen molar-refractivity contribution in [2.45, 2.75) is 38.8 Å². The van der Waals surface area contributed by atoms with Crippen molar-refractivity contribution in [3.8, 4) is 12.3 Å². The summed E-state index contributed by atoms with van der Waals surface area (Å²) in [6.07, 6.45) is 15.4. The summed E-state index contributed by atoms with van der Waals surface area (Å²) in [7, 11) is 0. The Balaban J connectivity index is 2.93. The highest BCUT2D eigenvalue weighted by Crippen LogP contribution is 2.28. The molecule has 0 aromatic carbocycles. The lowest BCUT2D eigenvalue weighted by atomic mass is 9.87. The van der Waals surface area contributed by atoms with Crippen LogP contribution in [0.1, 0.15) is 32.6 Å². The first-order chi connectivity index (χ1) is 9.58. The van der Waals surface area contributed by atoms with Gasteiger partial charge < -0.3 is 0 Å². The summed E-state index contributed by atoms with van der Waals surface area (Å²) in [5.74, 6) is 2.79. The minimum atomic E-state index is -0.855. The predicted octanol–water partition coefficient (Wildman–Crippen LogP) is 5.16. The molecule has 3 unspecified atom stereocenters. The summed E-state index contributed by atoms with van der Waals surface area (Å²) in [6.45, 7) is 9.51. The summed E-state index contributed by atoms with van der Waals surface area (Å²) >= 11 is 0. The van der Waals surface area contributed by atoms with Gasteiger partial charge in [-0.2, -0.15) is 0 Å². The van der Waals surface area contributed by atoms with Gasteiger partial charge in [-0.3, -0.25) is 0 Å². The lowest BCUT2D eigenvalue weighted by molar-refractivity contribution is 0.274. The first kappa shape index (κ1) is 16.3. The van der Waals surface area contributed by atoms with Gasteiger partial charge in [0.1, 0.15) is 6.17 Å². The van der Waals surface area contributed by atoms with Crippen LogP contribution in [0.5, 0.6) is 0 Å². The van der Waals surface area contributed by atoms with Crippen LogP contribution in [0.15, 0.2) is 54.3 Å². The second-order valence-electron chi connectivity index (χ2n) is 5.31. The largest absolute Gasteiger partial charge is 0.246 e. The fraction of sp³-hybridized carbons (Fsp3) is 0.421. The maximum absolute atomic E-state index is 13.8. The molecule has 1 aliphatic carbocycles. The van der Waals surface area contributed by atoms with E-state index in [1.807, 2.05) is 31.2 Å². The van der Waals surface area contributed by atoms with E-state index in [1.165, 1.54) is 0 Å². The third-order valence-corrected chi connectivity index (χ3v) is 3.57. The molecule has 0 fully saturated rings. The molecule has 106 valence electrons. The van der Waals surface area contributed by atoms with E-state index in [0.717, 1.165) is 30.4 Å². The van der Waals surface area contributed by atoms with Gasteiger partial charge in [0, 0.05) is 24.7 Å². The summed E-state index contributed by atoms with van der Waals surface area (Å²) in [6, 6.07) is 0. The van der Waals surface area contributed by atoms with Crippen LogP contribution in [0, 0.1) is 24.2 Å². The number of hydrogen-bond donors (Lipinski definition) is 0. The van der Waals surface area contributed by atoms with Crippen LogP contribution >= 0.6 is 0 Å². The maximum Gasteiger partial charge on any atom is 0.110 e. The van der Waals surface area contributed by atoms with Gasteiger partial charge in [-0.25, -0.2) is 4.39 Å². The SMILES string of the molecule is C#CCCCC(C=C=C)C1=CC(=C)CC(F)C(C)C=C1. The van der Waals surface area contributed by atoms with Gasteiger partial charge in [0.15, 0.2) is 0 Å². The standard InChI is InChI=1S/C19H23F/c1-5-7-8-10-17(9-6-2)18-12-11-16(4)19(20)14-15(3)13-18/h1,9,11-13,16-17,19H,2-3,7-8,10,14H2,4H3. The van der Waals surface area contributed by atoms with Crippen molar-refractivity contribution in [2.75, 3.05) is 0 Å². The maximum atomic E-state index is 13.8. The van der Waals surface area contributed by atoms with Crippen molar-refractivity contribution in [2.24, 2.45) is 11.8 Å².